The summed E-state index contributed by atoms with van der Waals surface area (Å²) in [5.41, 5.74) is -0.0842. The molecule has 2 aliphatic carbocycles. The second-order valence-electron chi connectivity index (χ2n) is 8.26. The molecule has 5 heteroatoms. The van der Waals surface area contributed by atoms with Gasteiger partial charge in [0.25, 0.3) is 0 Å². The molecule has 136 valence electrons. The molecule has 1 aliphatic heterocycles. The Balaban J connectivity index is 1.49. The van der Waals surface area contributed by atoms with Crippen molar-refractivity contribution in [1.82, 2.24) is 15.1 Å². The van der Waals surface area contributed by atoms with Gasteiger partial charge in [-0.25, -0.2) is 0 Å². The molecule has 0 aromatic heterocycles. The molecule has 0 bridgehead atoms. The van der Waals surface area contributed by atoms with Gasteiger partial charge in [0, 0.05) is 37.6 Å². The van der Waals surface area contributed by atoms with E-state index in [1.54, 1.807) is 0 Å². The van der Waals surface area contributed by atoms with Crippen molar-refractivity contribution >= 4 is 11.8 Å². The second kappa shape index (κ2) is 7.42. The van der Waals surface area contributed by atoms with Crippen LogP contribution in [0.3, 0.4) is 0 Å². The van der Waals surface area contributed by atoms with Crippen LogP contribution in [-0.4, -0.2) is 59.9 Å². The molecule has 24 heavy (non-hydrogen) atoms. The van der Waals surface area contributed by atoms with Crippen molar-refractivity contribution < 1.29 is 9.59 Å². The number of rotatable bonds is 4. The van der Waals surface area contributed by atoms with Crippen molar-refractivity contribution in [3.63, 3.8) is 0 Å². The van der Waals surface area contributed by atoms with Crippen molar-refractivity contribution in [1.29, 1.82) is 0 Å². The minimum atomic E-state index is -0.0986. The van der Waals surface area contributed by atoms with Crippen LogP contribution in [0.15, 0.2) is 0 Å². The molecule has 1 saturated heterocycles. The lowest BCUT2D eigenvalue weighted by atomic mass is 9.95. The first-order valence-corrected chi connectivity index (χ1v) is 9.83. The number of nitrogens with one attached hydrogen (secondary N) is 1. The van der Waals surface area contributed by atoms with E-state index < -0.39 is 0 Å². The maximum atomic E-state index is 12.6. The Kier molecular flexibility index (Phi) is 5.48. The van der Waals surface area contributed by atoms with Gasteiger partial charge >= 0.3 is 0 Å². The van der Waals surface area contributed by atoms with Gasteiger partial charge in [0.1, 0.15) is 0 Å². The highest BCUT2D eigenvalue weighted by atomic mass is 16.2. The van der Waals surface area contributed by atoms with Crippen molar-refractivity contribution in [2.24, 2.45) is 5.41 Å². The molecular formula is C19H33N3O2. The molecule has 2 saturated carbocycles. The molecule has 0 aromatic carbocycles. The fraction of sp³-hybridized carbons (Fsp3) is 0.895. The highest BCUT2D eigenvalue weighted by molar-refractivity contribution is 5.85. The Bertz CT molecular complexity index is 469. The predicted octanol–water partition coefficient (Wildman–Crippen LogP) is 2.16. The van der Waals surface area contributed by atoms with Crippen LogP contribution in [0.2, 0.25) is 0 Å². The lowest BCUT2D eigenvalue weighted by Gasteiger charge is -2.30. The van der Waals surface area contributed by atoms with Crippen molar-refractivity contribution in [3.05, 3.63) is 0 Å². The highest BCUT2D eigenvalue weighted by Gasteiger charge is 2.47. The summed E-state index contributed by atoms with van der Waals surface area (Å²) in [5, 5.41) is 3.24. The quantitative estimate of drug-likeness (QED) is 0.856. The van der Waals surface area contributed by atoms with Gasteiger partial charge in [-0.2, -0.15) is 0 Å². The summed E-state index contributed by atoms with van der Waals surface area (Å²) in [6.07, 6.45) is 9.05. The molecule has 1 N–H and O–H groups in total. The van der Waals surface area contributed by atoms with Crippen LogP contribution >= 0.6 is 0 Å². The molecule has 0 aromatic rings. The molecule has 3 rings (SSSR count). The topological polar surface area (TPSA) is 52.7 Å². The molecular weight excluding hydrogens is 302 g/mol. The fourth-order valence-electron chi connectivity index (χ4n) is 4.05. The lowest BCUT2D eigenvalue weighted by molar-refractivity contribution is -0.136. The predicted molar refractivity (Wildman–Crippen MR) is 94.6 cm³/mol. The third-order valence-electron chi connectivity index (χ3n) is 6.21. The average molecular weight is 335 g/mol. The van der Waals surface area contributed by atoms with Gasteiger partial charge < -0.3 is 10.2 Å². The van der Waals surface area contributed by atoms with E-state index >= 15 is 0 Å². The monoisotopic (exact) mass is 335 g/mol. The van der Waals surface area contributed by atoms with E-state index in [1.165, 1.54) is 19.3 Å². The Morgan fingerprint density at radius 1 is 1.00 bits per heavy atom. The lowest BCUT2D eigenvalue weighted by Crippen LogP contribution is -2.49. The molecule has 1 atom stereocenters. The van der Waals surface area contributed by atoms with E-state index in [-0.39, 0.29) is 17.4 Å². The van der Waals surface area contributed by atoms with E-state index in [2.05, 4.69) is 17.1 Å². The molecule has 2 amide bonds. The third-order valence-corrected chi connectivity index (χ3v) is 6.21. The van der Waals surface area contributed by atoms with E-state index in [0.717, 1.165) is 58.3 Å². The van der Waals surface area contributed by atoms with Gasteiger partial charge in [-0.15, -0.1) is 0 Å². The van der Waals surface area contributed by atoms with Gasteiger partial charge in [0.2, 0.25) is 11.8 Å². The minimum absolute atomic E-state index is 0.0842. The first-order chi connectivity index (χ1) is 11.5. The van der Waals surface area contributed by atoms with Crippen LogP contribution in [0.25, 0.3) is 0 Å². The Labute approximate surface area is 146 Å². The molecule has 1 unspecified atom stereocenters. The normalized spacial score (nSPS) is 26.5. The Morgan fingerprint density at radius 3 is 2.38 bits per heavy atom. The average Bonchev–Trinajstić information content (AvgIpc) is 3.37. The summed E-state index contributed by atoms with van der Waals surface area (Å²) in [5.74, 6) is 0.486. The summed E-state index contributed by atoms with van der Waals surface area (Å²) in [6, 6.07) is 0.270. The third kappa shape index (κ3) is 4.11. The number of carbonyl (C=O) groups excluding carboxylic acids is 2. The van der Waals surface area contributed by atoms with Crippen LogP contribution in [0.1, 0.15) is 65.2 Å². The van der Waals surface area contributed by atoms with Crippen molar-refractivity contribution in [2.45, 2.75) is 77.3 Å². The highest BCUT2D eigenvalue weighted by Crippen LogP contribution is 2.46. The first kappa shape index (κ1) is 17.7. The summed E-state index contributed by atoms with van der Waals surface area (Å²) in [7, 11) is 0. The zero-order chi connectivity index (χ0) is 17.2. The Morgan fingerprint density at radius 2 is 1.71 bits per heavy atom. The minimum Gasteiger partial charge on any atom is -0.352 e. The number of nitrogens with zero attached hydrogens (tertiary/aromatic N) is 2. The molecule has 1 heterocycles. The van der Waals surface area contributed by atoms with Crippen LogP contribution < -0.4 is 5.32 Å². The zero-order valence-electron chi connectivity index (χ0n) is 15.4. The van der Waals surface area contributed by atoms with Gasteiger partial charge in [-0.3, -0.25) is 14.5 Å². The number of carbonyl (C=O) groups is 2. The largest absolute Gasteiger partial charge is 0.352 e. The summed E-state index contributed by atoms with van der Waals surface area (Å²) in [4.78, 5) is 29.4. The molecule has 5 nitrogen and oxygen atoms in total. The fourth-order valence-corrected chi connectivity index (χ4v) is 4.05. The zero-order valence-corrected chi connectivity index (χ0v) is 15.4. The van der Waals surface area contributed by atoms with Gasteiger partial charge in [-0.05, 0) is 39.0 Å². The maximum Gasteiger partial charge on any atom is 0.237 e. The van der Waals surface area contributed by atoms with E-state index in [1.807, 2.05) is 11.8 Å². The first-order valence-electron chi connectivity index (χ1n) is 9.83. The van der Waals surface area contributed by atoms with Gasteiger partial charge in [-0.1, -0.05) is 26.2 Å². The van der Waals surface area contributed by atoms with Crippen LogP contribution in [0.4, 0.5) is 0 Å². The number of hydrogen-bond acceptors (Lipinski definition) is 3. The summed E-state index contributed by atoms with van der Waals surface area (Å²) < 4.78 is 0. The molecule has 0 spiro atoms. The van der Waals surface area contributed by atoms with Gasteiger partial charge in [0.05, 0.1) is 6.04 Å². The van der Waals surface area contributed by atoms with E-state index in [4.69, 9.17) is 0 Å². The SMILES string of the molecule is CC(C(=O)NC1CCCCC1)N1CCCN(C(=O)C2(C)CC2)CC1. The standard InChI is InChI=1S/C19H33N3O2/c1-15(17(23)20-16-7-4-3-5-8-16)21-11-6-12-22(14-13-21)18(24)19(2)9-10-19/h15-16H,3-14H2,1-2H3,(H,20,23). The molecule has 3 aliphatic rings. The Hall–Kier alpha value is -1.10. The summed E-state index contributed by atoms with van der Waals surface area (Å²) in [6.45, 7) is 7.40. The van der Waals surface area contributed by atoms with Crippen LogP contribution in [0, 0.1) is 5.41 Å². The van der Waals surface area contributed by atoms with Gasteiger partial charge in [0.15, 0.2) is 0 Å². The van der Waals surface area contributed by atoms with Crippen LogP contribution in [0.5, 0.6) is 0 Å². The van der Waals surface area contributed by atoms with E-state index in [9.17, 15) is 9.59 Å². The second-order valence-corrected chi connectivity index (χ2v) is 8.26. The van der Waals surface area contributed by atoms with E-state index in [0.29, 0.717) is 11.9 Å². The number of amides is 2. The maximum absolute atomic E-state index is 12.6. The van der Waals surface area contributed by atoms with Crippen molar-refractivity contribution in [3.8, 4) is 0 Å². The van der Waals surface area contributed by atoms with Crippen LogP contribution in [-0.2, 0) is 9.59 Å². The smallest absolute Gasteiger partial charge is 0.237 e. The number of hydrogen-bond donors (Lipinski definition) is 1. The molecule has 0 radical (unpaired) electrons. The van der Waals surface area contributed by atoms with Crippen molar-refractivity contribution in [2.75, 3.05) is 26.2 Å². The summed E-state index contributed by atoms with van der Waals surface area (Å²) >= 11 is 0. The molecule has 3 fully saturated rings.